The van der Waals surface area contributed by atoms with E-state index in [-0.39, 0.29) is 17.8 Å². The van der Waals surface area contributed by atoms with E-state index in [1.807, 2.05) is 18.2 Å². The highest BCUT2D eigenvalue weighted by Crippen LogP contribution is 2.39. The summed E-state index contributed by atoms with van der Waals surface area (Å²) in [5.41, 5.74) is 0.997. The molecule has 154 valence electrons. The van der Waals surface area contributed by atoms with Gasteiger partial charge in [0.1, 0.15) is 5.82 Å². The van der Waals surface area contributed by atoms with Crippen LogP contribution in [0.5, 0.6) is 0 Å². The number of amides is 1. The van der Waals surface area contributed by atoms with Crippen LogP contribution in [-0.2, 0) is 4.74 Å². The summed E-state index contributed by atoms with van der Waals surface area (Å²) in [5, 5.41) is 4.32. The van der Waals surface area contributed by atoms with Gasteiger partial charge < -0.3 is 10.1 Å². The molecule has 5 rings (SSSR count). The lowest BCUT2D eigenvalue weighted by Crippen LogP contribution is -2.43. The molecule has 0 aliphatic carbocycles. The highest BCUT2D eigenvalue weighted by atomic mass is 32.1. The quantitative estimate of drug-likeness (QED) is 0.472. The number of hydrogen-bond donors (Lipinski definition) is 1. The van der Waals surface area contributed by atoms with Crippen molar-refractivity contribution in [3.8, 4) is 0 Å². The summed E-state index contributed by atoms with van der Waals surface area (Å²) in [5.74, 6) is -0.317. The summed E-state index contributed by atoms with van der Waals surface area (Å²) >= 11 is 3.26. The van der Waals surface area contributed by atoms with E-state index in [1.165, 1.54) is 26.9 Å². The lowest BCUT2D eigenvalue weighted by atomic mass is 10.0. The van der Waals surface area contributed by atoms with Crippen molar-refractivity contribution in [2.45, 2.75) is 6.04 Å². The minimum atomic E-state index is -0.255. The number of fused-ring (bicyclic) bond motifs is 3. The molecule has 1 aliphatic rings. The van der Waals surface area contributed by atoms with Gasteiger partial charge in [0, 0.05) is 34.4 Å². The molecule has 3 heterocycles. The molecule has 0 saturated carbocycles. The predicted octanol–water partition coefficient (Wildman–Crippen LogP) is 5.06. The highest BCUT2D eigenvalue weighted by Gasteiger charge is 2.24. The maximum absolute atomic E-state index is 13.4. The Kier molecular flexibility index (Phi) is 5.52. The van der Waals surface area contributed by atoms with Crippen LogP contribution in [0.2, 0.25) is 0 Å². The summed E-state index contributed by atoms with van der Waals surface area (Å²) in [7, 11) is 0. The van der Waals surface area contributed by atoms with Crippen molar-refractivity contribution in [3.63, 3.8) is 0 Å². The second-order valence-corrected chi connectivity index (χ2v) is 9.46. The number of carbonyl (C=O) groups excluding carboxylic acids is 1. The molecule has 0 bridgehead atoms. The third-order valence-electron chi connectivity index (χ3n) is 5.47. The van der Waals surface area contributed by atoms with E-state index in [0.717, 1.165) is 28.2 Å². The third kappa shape index (κ3) is 3.86. The smallest absolute Gasteiger partial charge is 0.261 e. The number of thiophene rings is 2. The average Bonchev–Trinajstić information content (AvgIpc) is 3.34. The van der Waals surface area contributed by atoms with Crippen molar-refractivity contribution in [2.24, 2.45) is 0 Å². The van der Waals surface area contributed by atoms with Gasteiger partial charge in [0.25, 0.3) is 5.91 Å². The van der Waals surface area contributed by atoms with E-state index in [4.69, 9.17) is 4.74 Å². The molecule has 1 saturated heterocycles. The van der Waals surface area contributed by atoms with Gasteiger partial charge >= 0.3 is 0 Å². The molecule has 1 amide bonds. The van der Waals surface area contributed by atoms with Crippen LogP contribution in [0.4, 0.5) is 4.39 Å². The Morgan fingerprint density at radius 2 is 1.83 bits per heavy atom. The normalized spacial score (nSPS) is 16.2. The zero-order valence-corrected chi connectivity index (χ0v) is 17.9. The van der Waals surface area contributed by atoms with Gasteiger partial charge in [-0.1, -0.05) is 30.3 Å². The SMILES string of the molecule is O=C(NCC(c1ccc(F)cc1)N1CCOCC1)c1cc2sc3ccccc3c2s1. The molecule has 1 fully saturated rings. The van der Waals surface area contributed by atoms with E-state index in [2.05, 4.69) is 22.3 Å². The number of carbonyl (C=O) groups is 1. The van der Waals surface area contributed by atoms with Crippen molar-refractivity contribution in [1.29, 1.82) is 0 Å². The van der Waals surface area contributed by atoms with Crippen LogP contribution in [0.25, 0.3) is 19.5 Å². The molecule has 1 unspecified atom stereocenters. The van der Waals surface area contributed by atoms with E-state index < -0.39 is 0 Å². The Hall–Kier alpha value is -2.32. The number of nitrogens with zero attached hydrogens (tertiary/aromatic N) is 1. The molecular weight excluding hydrogens is 419 g/mol. The second-order valence-electron chi connectivity index (χ2n) is 7.33. The maximum Gasteiger partial charge on any atom is 0.261 e. The zero-order valence-electron chi connectivity index (χ0n) is 16.3. The Morgan fingerprint density at radius 1 is 1.07 bits per heavy atom. The fraction of sp³-hybridized carbons (Fsp3) is 0.261. The molecule has 0 radical (unpaired) electrons. The number of morpholine rings is 1. The lowest BCUT2D eigenvalue weighted by molar-refractivity contribution is 0.0162. The first-order valence-corrected chi connectivity index (χ1v) is 11.6. The number of rotatable bonds is 5. The van der Waals surface area contributed by atoms with Crippen LogP contribution in [-0.4, -0.2) is 43.7 Å². The Balaban J connectivity index is 1.35. The first-order chi connectivity index (χ1) is 14.7. The minimum absolute atomic E-state index is 0.0136. The van der Waals surface area contributed by atoms with Crippen LogP contribution in [0.1, 0.15) is 21.3 Å². The molecule has 1 N–H and O–H groups in total. The lowest BCUT2D eigenvalue weighted by Gasteiger charge is -2.34. The Bertz CT molecular complexity index is 1180. The molecule has 1 aliphatic heterocycles. The van der Waals surface area contributed by atoms with Crippen LogP contribution in [0.3, 0.4) is 0 Å². The summed E-state index contributed by atoms with van der Waals surface area (Å²) in [4.78, 5) is 15.9. The summed E-state index contributed by atoms with van der Waals surface area (Å²) < 4.78 is 22.4. The summed E-state index contributed by atoms with van der Waals surface area (Å²) in [6.07, 6.45) is 0. The minimum Gasteiger partial charge on any atom is -0.379 e. The van der Waals surface area contributed by atoms with Gasteiger partial charge in [-0.25, -0.2) is 4.39 Å². The first kappa shape index (κ1) is 19.6. The summed E-state index contributed by atoms with van der Waals surface area (Å²) in [6, 6.07) is 16.8. The Labute approximate surface area is 181 Å². The largest absolute Gasteiger partial charge is 0.379 e. The standard InChI is InChI=1S/C23H21FN2O2S2/c24-16-7-5-15(6-8-16)18(26-9-11-28-12-10-26)14-25-23(27)21-13-20-22(30-21)17-3-1-2-4-19(17)29-20/h1-8,13,18H,9-12,14H2,(H,25,27). The van der Waals surface area contributed by atoms with Crippen molar-refractivity contribution >= 4 is 48.1 Å². The molecule has 7 heteroatoms. The topological polar surface area (TPSA) is 41.6 Å². The fourth-order valence-corrected chi connectivity index (χ4v) is 6.36. The fourth-order valence-electron chi connectivity index (χ4n) is 3.92. The van der Waals surface area contributed by atoms with Gasteiger partial charge in [-0.2, -0.15) is 0 Å². The molecular formula is C23H21FN2O2S2. The number of nitrogens with one attached hydrogen (secondary N) is 1. The van der Waals surface area contributed by atoms with E-state index >= 15 is 0 Å². The highest BCUT2D eigenvalue weighted by molar-refractivity contribution is 7.33. The predicted molar refractivity (Wildman–Crippen MR) is 121 cm³/mol. The van der Waals surface area contributed by atoms with E-state index in [0.29, 0.717) is 19.8 Å². The first-order valence-electron chi connectivity index (χ1n) is 9.95. The van der Waals surface area contributed by atoms with Gasteiger partial charge in [0.05, 0.1) is 28.8 Å². The summed E-state index contributed by atoms with van der Waals surface area (Å²) in [6.45, 7) is 3.38. The van der Waals surface area contributed by atoms with Gasteiger partial charge in [-0.3, -0.25) is 9.69 Å². The van der Waals surface area contributed by atoms with Crippen molar-refractivity contribution < 1.29 is 13.9 Å². The monoisotopic (exact) mass is 440 g/mol. The average molecular weight is 441 g/mol. The molecule has 2 aromatic carbocycles. The second kappa shape index (κ2) is 8.43. The van der Waals surface area contributed by atoms with Crippen LogP contribution in [0, 0.1) is 5.82 Å². The van der Waals surface area contributed by atoms with Gasteiger partial charge in [-0.15, -0.1) is 22.7 Å². The molecule has 4 aromatic rings. The van der Waals surface area contributed by atoms with Crippen molar-refractivity contribution in [1.82, 2.24) is 10.2 Å². The van der Waals surface area contributed by atoms with E-state index in [9.17, 15) is 9.18 Å². The van der Waals surface area contributed by atoms with Crippen LogP contribution >= 0.6 is 22.7 Å². The number of ether oxygens (including phenoxy) is 1. The molecule has 2 aromatic heterocycles. The molecule has 30 heavy (non-hydrogen) atoms. The third-order valence-corrected chi connectivity index (χ3v) is 7.88. The number of hydrogen-bond acceptors (Lipinski definition) is 5. The van der Waals surface area contributed by atoms with Crippen molar-refractivity contribution in [3.05, 3.63) is 70.9 Å². The maximum atomic E-state index is 13.4. The van der Waals surface area contributed by atoms with Crippen molar-refractivity contribution in [2.75, 3.05) is 32.8 Å². The number of benzene rings is 2. The molecule has 4 nitrogen and oxygen atoms in total. The Morgan fingerprint density at radius 3 is 2.63 bits per heavy atom. The van der Waals surface area contributed by atoms with Gasteiger partial charge in [0.2, 0.25) is 0 Å². The zero-order chi connectivity index (χ0) is 20.5. The number of halogens is 1. The van der Waals surface area contributed by atoms with Gasteiger partial charge in [0.15, 0.2) is 0 Å². The van der Waals surface area contributed by atoms with Crippen LogP contribution in [0.15, 0.2) is 54.6 Å². The van der Waals surface area contributed by atoms with Crippen LogP contribution < -0.4 is 5.32 Å². The molecule has 0 spiro atoms. The molecule has 1 atom stereocenters. The van der Waals surface area contributed by atoms with E-state index in [1.54, 1.807) is 34.8 Å². The van der Waals surface area contributed by atoms with Gasteiger partial charge in [-0.05, 0) is 29.8 Å².